The fraction of sp³-hybridized carbons (Fsp3) is 0.333. The SMILES string of the molecule is C=C/C(C)=C\C(=C)CC(F)(F)F. The summed E-state index contributed by atoms with van der Waals surface area (Å²) in [5.74, 6) is 0. The molecular weight excluding hydrogens is 165 g/mol. The van der Waals surface area contributed by atoms with Crippen LogP contribution in [0.4, 0.5) is 13.2 Å². The molecule has 3 heteroatoms. The van der Waals surface area contributed by atoms with E-state index in [1.807, 2.05) is 0 Å². The summed E-state index contributed by atoms with van der Waals surface area (Å²) in [5.41, 5.74) is 0.740. The first kappa shape index (κ1) is 11.0. The molecular formula is C9H11F3. The lowest BCUT2D eigenvalue weighted by Crippen LogP contribution is -2.07. The summed E-state index contributed by atoms with van der Waals surface area (Å²) in [6.07, 6.45) is -2.27. The molecule has 0 amide bonds. The van der Waals surface area contributed by atoms with Crippen molar-refractivity contribution < 1.29 is 13.2 Å². The van der Waals surface area contributed by atoms with E-state index in [-0.39, 0.29) is 5.57 Å². The van der Waals surface area contributed by atoms with Crippen LogP contribution in [0.3, 0.4) is 0 Å². The zero-order chi connectivity index (χ0) is 9.78. The van der Waals surface area contributed by atoms with Crippen molar-refractivity contribution in [1.29, 1.82) is 0 Å². The van der Waals surface area contributed by atoms with Gasteiger partial charge in [-0.1, -0.05) is 30.9 Å². The fourth-order valence-corrected chi connectivity index (χ4v) is 0.689. The monoisotopic (exact) mass is 176 g/mol. The van der Waals surface area contributed by atoms with Crippen molar-refractivity contribution >= 4 is 0 Å². The number of hydrogen-bond acceptors (Lipinski definition) is 0. The maximum absolute atomic E-state index is 11.7. The van der Waals surface area contributed by atoms with E-state index in [0.29, 0.717) is 5.57 Å². The van der Waals surface area contributed by atoms with Crippen molar-refractivity contribution in [1.82, 2.24) is 0 Å². The standard InChI is InChI=1S/C9H11F3/c1-4-7(2)5-8(3)6-9(10,11)12/h4-5H,1,3,6H2,2H3/b7-5-. The molecule has 0 aliphatic heterocycles. The van der Waals surface area contributed by atoms with Gasteiger partial charge in [-0.05, 0) is 12.5 Å². The zero-order valence-electron chi connectivity index (χ0n) is 6.91. The van der Waals surface area contributed by atoms with Crippen LogP contribution >= 0.6 is 0 Å². The molecule has 0 heterocycles. The van der Waals surface area contributed by atoms with Gasteiger partial charge in [-0.2, -0.15) is 13.2 Å². The third-order valence-corrected chi connectivity index (χ3v) is 1.18. The van der Waals surface area contributed by atoms with Gasteiger partial charge in [0.15, 0.2) is 0 Å². The molecule has 0 spiro atoms. The Hall–Kier alpha value is -0.990. The average molecular weight is 176 g/mol. The Balaban J connectivity index is 4.16. The molecule has 0 saturated carbocycles. The summed E-state index contributed by atoms with van der Waals surface area (Å²) in [4.78, 5) is 0. The van der Waals surface area contributed by atoms with E-state index in [0.717, 1.165) is 0 Å². The third-order valence-electron chi connectivity index (χ3n) is 1.18. The summed E-state index contributed by atoms with van der Waals surface area (Å²) in [6.45, 7) is 8.38. The van der Waals surface area contributed by atoms with E-state index >= 15 is 0 Å². The lowest BCUT2D eigenvalue weighted by atomic mass is 10.1. The van der Waals surface area contributed by atoms with Crippen molar-refractivity contribution in [2.24, 2.45) is 0 Å². The largest absolute Gasteiger partial charge is 0.393 e. The minimum absolute atomic E-state index is 0.0555. The van der Waals surface area contributed by atoms with E-state index in [9.17, 15) is 13.2 Å². The van der Waals surface area contributed by atoms with Crippen LogP contribution in [0.15, 0.2) is 36.5 Å². The Labute approximate surface area is 70.1 Å². The molecule has 0 unspecified atom stereocenters. The number of halogens is 3. The molecule has 0 rings (SSSR count). The summed E-state index contributed by atoms with van der Waals surface area (Å²) in [7, 11) is 0. The molecule has 12 heavy (non-hydrogen) atoms. The van der Waals surface area contributed by atoms with E-state index in [2.05, 4.69) is 13.2 Å². The number of allylic oxidation sites excluding steroid dienone is 4. The highest BCUT2D eigenvalue weighted by Gasteiger charge is 2.27. The number of hydrogen-bond donors (Lipinski definition) is 0. The number of rotatable bonds is 3. The van der Waals surface area contributed by atoms with Gasteiger partial charge in [0, 0.05) is 0 Å². The van der Waals surface area contributed by atoms with Crippen LogP contribution in [0.25, 0.3) is 0 Å². The topological polar surface area (TPSA) is 0 Å². The van der Waals surface area contributed by atoms with Gasteiger partial charge >= 0.3 is 6.18 Å². The normalized spacial score (nSPS) is 12.8. The molecule has 0 bridgehead atoms. The molecule has 0 atom stereocenters. The molecule has 68 valence electrons. The second-order valence-corrected chi connectivity index (χ2v) is 2.54. The Morgan fingerprint density at radius 3 is 2.25 bits per heavy atom. The maximum atomic E-state index is 11.7. The molecule has 0 N–H and O–H groups in total. The Morgan fingerprint density at radius 2 is 1.92 bits per heavy atom. The second kappa shape index (κ2) is 4.14. The van der Waals surface area contributed by atoms with Crippen molar-refractivity contribution in [3.8, 4) is 0 Å². The van der Waals surface area contributed by atoms with Crippen LogP contribution in [0.1, 0.15) is 13.3 Å². The van der Waals surface area contributed by atoms with Crippen LogP contribution in [-0.4, -0.2) is 6.18 Å². The van der Waals surface area contributed by atoms with Gasteiger partial charge in [-0.15, -0.1) is 0 Å². The van der Waals surface area contributed by atoms with Gasteiger partial charge in [0.25, 0.3) is 0 Å². The van der Waals surface area contributed by atoms with Gasteiger partial charge < -0.3 is 0 Å². The molecule has 0 saturated heterocycles. The minimum atomic E-state index is -4.17. The first-order valence-electron chi connectivity index (χ1n) is 3.40. The predicted molar refractivity (Wildman–Crippen MR) is 43.8 cm³/mol. The van der Waals surface area contributed by atoms with E-state index < -0.39 is 12.6 Å². The Bertz CT molecular complexity index is 208. The molecule has 0 aromatic heterocycles. The quantitative estimate of drug-likeness (QED) is 0.576. The van der Waals surface area contributed by atoms with Crippen LogP contribution < -0.4 is 0 Å². The third kappa shape index (κ3) is 5.77. The zero-order valence-corrected chi connectivity index (χ0v) is 6.91. The summed E-state index contributed by atoms with van der Waals surface area (Å²) in [5, 5.41) is 0. The van der Waals surface area contributed by atoms with E-state index in [1.165, 1.54) is 12.2 Å². The van der Waals surface area contributed by atoms with Crippen LogP contribution in [0.2, 0.25) is 0 Å². The van der Waals surface area contributed by atoms with Gasteiger partial charge in [0.2, 0.25) is 0 Å². The fourth-order valence-electron chi connectivity index (χ4n) is 0.689. The summed E-state index contributed by atoms with van der Waals surface area (Å²) in [6, 6.07) is 0. The molecule has 0 aromatic carbocycles. The number of alkyl halides is 3. The lowest BCUT2D eigenvalue weighted by molar-refractivity contribution is -0.126. The Kier molecular flexibility index (Phi) is 3.80. The molecule has 0 fully saturated rings. The highest BCUT2D eigenvalue weighted by Crippen LogP contribution is 2.24. The molecule has 0 aromatic rings. The first-order chi connectivity index (χ1) is 5.35. The van der Waals surface area contributed by atoms with Crippen LogP contribution in [0.5, 0.6) is 0 Å². The van der Waals surface area contributed by atoms with Gasteiger partial charge in [0.1, 0.15) is 0 Å². The van der Waals surface area contributed by atoms with Crippen molar-refractivity contribution in [3.05, 3.63) is 36.5 Å². The average Bonchev–Trinajstić information content (AvgIpc) is 1.82. The van der Waals surface area contributed by atoms with E-state index in [1.54, 1.807) is 6.92 Å². The van der Waals surface area contributed by atoms with Crippen molar-refractivity contribution in [3.63, 3.8) is 0 Å². The van der Waals surface area contributed by atoms with Crippen molar-refractivity contribution in [2.75, 3.05) is 0 Å². The minimum Gasteiger partial charge on any atom is -0.171 e. The van der Waals surface area contributed by atoms with E-state index in [4.69, 9.17) is 0 Å². The Morgan fingerprint density at radius 1 is 1.42 bits per heavy atom. The predicted octanol–water partition coefficient (Wildman–Crippen LogP) is 3.63. The summed E-state index contributed by atoms with van der Waals surface area (Å²) >= 11 is 0. The molecule has 0 aliphatic rings. The molecule has 0 nitrogen and oxygen atoms in total. The maximum Gasteiger partial charge on any atom is 0.393 e. The smallest absolute Gasteiger partial charge is 0.171 e. The first-order valence-corrected chi connectivity index (χ1v) is 3.40. The van der Waals surface area contributed by atoms with Crippen molar-refractivity contribution in [2.45, 2.75) is 19.5 Å². The highest BCUT2D eigenvalue weighted by molar-refractivity contribution is 5.26. The second-order valence-electron chi connectivity index (χ2n) is 2.54. The van der Waals surface area contributed by atoms with Gasteiger partial charge in [-0.3, -0.25) is 0 Å². The molecule has 0 aliphatic carbocycles. The van der Waals surface area contributed by atoms with Gasteiger partial charge in [0.05, 0.1) is 6.42 Å². The summed E-state index contributed by atoms with van der Waals surface area (Å²) < 4.78 is 35.2. The highest BCUT2D eigenvalue weighted by atomic mass is 19.4. The molecule has 0 radical (unpaired) electrons. The van der Waals surface area contributed by atoms with Crippen LogP contribution in [-0.2, 0) is 0 Å². The van der Waals surface area contributed by atoms with Crippen LogP contribution in [0, 0.1) is 0 Å². The lowest BCUT2D eigenvalue weighted by Gasteiger charge is -2.05. The van der Waals surface area contributed by atoms with Gasteiger partial charge in [-0.25, -0.2) is 0 Å².